The number of ether oxygens (including phenoxy) is 1. The molecule has 0 aliphatic carbocycles. The molecule has 3 N–H and O–H groups in total. The number of anilines is 2. The van der Waals surface area contributed by atoms with Gasteiger partial charge in [-0.25, -0.2) is 8.42 Å². The molecule has 1 saturated heterocycles. The fraction of sp³-hybridized carbons (Fsp3) is 0.273. The predicted octanol–water partition coefficient (Wildman–Crippen LogP) is 2.72. The van der Waals surface area contributed by atoms with Gasteiger partial charge in [0.25, 0.3) is 5.91 Å². The van der Waals surface area contributed by atoms with Gasteiger partial charge in [0.2, 0.25) is 10.0 Å². The summed E-state index contributed by atoms with van der Waals surface area (Å²) >= 11 is 0. The normalized spacial score (nSPS) is 15.2. The van der Waals surface area contributed by atoms with Crippen LogP contribution >= 0.6 is 0 Å². The number of carbonyl (C=O) groups is 1. The van der Waals surface area contributed by atoms with E-state index in [1.165, 1.54) is 10.5 Å². The molecule has 0 saturated carbocycles. The maximum Gasteiger partial charge on any atom is 0.252 e. The number of morpholine rings is 1. The van der Waals surface area contributed by atoms with Crippen molar-refractivity contribution >= 4 is 38.2 Å². The molecule has 2 heterocycles. The number of rotatable bonds is 5. The Labute approximate surface area is 181 Å². The number of aryl methyl sites for hydroxylation is 2. The third kappa shape index (κ3) is 4.12. The summed E-state index contributed by atoms with van der Waals surface area (Å²) in [7, 11) is -3.79. The molecule has 162 valence electrons. The molecule has 3 aromatic rings. The zero-order chi connectivity index (χ0) is 22.2. The van der Waals surface area contributed by atoms with Gasteiger partial charge in [-0.15, -0.1) is 0 Å². The van der Waals surface area contributed by atoms with Gasteiger partial charge in [0.1, 0.15) is 4.90 Å². The van der Waals surface area contributed by atoms with Gasteiger partial charge >= 0.3 is 0 Å². The minimum Gasteiger partial charge on any atom is -0.379 e. The van der Waals surface area contributed by atoms with Crippen molar-refractivity contribution in [3.63, 3.8) is 0 Å². The molecule has 1 aliphatic rings. The topological polar surface area (TPSA) is 115 Å². The second-order valence-corrected chi connectivity index (χ2v) is 9.49. The van der Waals surface area contributed by atoms with Crippen molar-refractivity contribution in [1.29, 1.82) is 0 Å². The van der Waals surface area contributed by atoms with E-state index in [2.05, 4.69) is 10.3 Å². The number of nitrogens with two attached hydrogens (primary N) is 1. The first kappa shape index (κ1) is 21.2. The van der Waals surface area contributed by atoms with Crippen molar-refractivity contribution in [3.05, 3.63) is 59.3 Å². The summed E-state index contributed by atoms with van der Waals surface area (Å²) in [5.41, 5.74) is 9.05. The molecule has 0 atom stereocenters. The minimum atomic E-state index is -3.79. The standard InChI is InChI=1S/C22H24N4O4S/c1-14-4-3-5-16(10-14)25-20-17-11-15(2)12-19(21(17)24-13-18(20)22(23)27)31(28,29)26-6-8-30-9-7-26/h3-5,10-13H,6-9H2,1-2H3,(H2,23,27)(H,24,25). The Hall–Kier alpha value is -3.01. The molecule has 31 heavy (non-hydrogen) atoms. The van der Waals surface area contributed by atoms with Gasteiger partial charge in [-0.1, -0.05) is 12.1 Å². The van der Waals surface area contributed by atoms with E-state index in [1.54, 1.807) is 6.07 Å². The number of benzene rings is 2. The van der Waals surface area contributed by atoms with Gasteiger partial charge in [-0.3, -0.25) is 9.78 Å². The van der Waals surface area contributed by atoms with Crippen molar-refractivity contribution in [3.8, 4) is 0 Å². The number of fused-ring (bicyclic) bond motifs is 1. The van der Waals surface area contributed by atoms with E-state index in [9.17, 15) is 13.2 Å². The summed E-state index contributed by atoms with van der Waals surface area (Å²) in [6.07, 6.45) is 1.33. The second kappa shape index (κ2) is 8.26. The summed E-state index contributed by atoms with van der Waals surface area (Å²) in [5, 5.41) is 3.77. The molecule has 0 radical (unpaired) electrons. The zero-order valence-electron chi connectivity index (χ0n) is 17.4. The van der Waals surface area contributed by atoms with Crippen molar-refractivity contribution in [2.45, 2.75) is 18.7 Å². The van der Waals surface area contributed by atoms with E-state index in [1.807, 2.05) is 44.2 Å². The fourth-order valence-electron chi connectivity index (χ4n) is 3.72. The number of nitrogens with one attached hydrogen (secondary N) is 1. The van der Waals surface area contributed by atoms with Gasteiger partial charge in [0, 0.05) is 30.4 Å². The number of carbonyl (C=O) groups excluding carboxylic acids is 1. The van der Waals surface area contributed by atoms with Crippen LogP contribution in [0, 0.1) is 13.8 Å². The molecule has 0 unspecified atom stereocenters. The molecule has 1 aromatic heterocycles. The Morgan fingerprint density at radius 3 is 2.55 bits per heavy atom. The van der Waals surface area contributed by atoms with E-state index < -0.39 is 15.9 Å². The van der Waals surface area contributed by atoms with Gasteiger partial charge in [0.05, 0.1) is 30.0 Å². The lowest BCUT2D eigenvalue weighted by molar-refractivity contribution is 0.0730. The number of pyridine rings is 1. The Morgan fingerprint density at radius 2 is 1.87 bits per heavy atom. The lowest BCUT2D eigenvalue weighted by Gasteiger charge is -2.26. The molecular weight excluding hydrogens is 416 g/mol. The molecule has 4 rings (SSSR count). The molecule has 1 aliphatic heterocycles. The lowest BCUT2D eigenvalue weighted by atomic mass is 10.1. The average molecular weight is 441 g/mol. The number of hydrogen-bond acceptors (Lipinski definition) is 6. The number of hydrogen-bond donors (Lipinski definition) is 2. The Balaban J connectivity index is 1.94. The van der Waals surface area contributed by atoms with Gasteiger partial charge in [-0.05, 0) is 49.2 Å². The highest BCUT2D eigenvalue weighted by Gasteiger charge is 2.30. The van der Waals surface area contributed by atoms with Crippen LogP contribution < -0.4 is 11.1 Å². The fourth-order valence-corrected chi connectivity index (χ4v) is 5.37. The molecular formula is C22H24N4O4S. The second-order valence-electron chi connectivity index (χ2n) is 7.58. The molecule has 1 fully saturated rings. The predicted molar refractivity (Wildman–Crippen MR) is 119 cm³/mol. The Kier molecular flexibility index (Phi) is 5.65. The molecule has 0 bridgehead atoms. The van der Waals surface area contributed by atoms with Gasteiger partial charge in [0.15, 0.2) is 0 Å². The number of aromatic nitrogens is 1. The largest absolute Gasteiger partial charge is 0.379 e. The van der Waals surface area contributed by atoms with E-state index in [-0.39, 0.29) is 29.1 Å². The molecule has 2 aromatic carbocycles. The van der Waals surface area contributed by atoms with Crippen LogP contribution in [-0.2, 0) is 14.8 Å². The summed E-state index contributed by atoms with van der Waals surface area (Å²) in [6.45, 7) is 5.04. The van der Waals surface area contributed by atoms with E-state index in [0.717, 1.165) is 16.8 Å². The third-order valence-corrected chi connectivity index (χ3v) is 7.13. The van der Waals surface area contributed by atoms with Crippen LogP contribution in [0.4, 0.5) is 11.4 Å². The van der Waals surface area contributed by atoms with Crippen molar-refractivity contribution in [1.82, 2.24) is 9.29 Å². The van der Waals surface area contributed by atoms with E-state index in [4.69, 9.17) is 10.5 Å². The van der Waals surface area contributed by atoms with Crippen LogP contribution in [0.2, 0.25) is 0 Å². The highest BCUT2D eigenvalue weighted by Crippen LogP contribution is 2.34. The Bertz CT molecular complexity index is 1270. The quantitative estimate of drug-likeness (QED) is 0.630. The van der Waals surface area contributed by atoms with E-state index >= 15 is 0 Å². The minimum absolute atomic E-state index is 0.104. The highest BCUT2D eigenvalue weighted by molar-refractivity contribution is 7.89. The SMILES string of the molecule is Cc1cccc(Nc2c(C(N)=O)cnc3c(S(=O)(=O)N4CCOCC4)cc(C)cc23)c1. The van der Waals surface area contributed by atoms with Crippen LogP contribution in [0.25, 0.3) is 10.9 Å². The summed E-state index contributed by atoms with van der Waals surface area (Å²) in [4.78, 5) is 16.6. The van der Waals surface area contributed by atoms with Crippen molar-refractivity contribution < 1.29 is 17.9 Å². The average Bonchev–Trinajstić information content (AvgIpc) is 2.74. The summed E-state index contributed by atoms with van der Waals surface area (Å²) in [5.74, 6) is -0.649. The lowest BCUT2D eigenvalue weighted by Crippen LogP contribution is -2.40. The van der Waals surface area contributed by atoms with Crippen molar-refractivity contribution in [2.24, 2.45) is 5.73 Å². The van der Waals surface area contributed by atoms with Crippen LogP contribution in [0.5, 0.6) is 0 Å². The monoisotopic (exact) mass is 440 g/mol. The van der Waals surface area contributed by atoms with Gasteiger partial charge in [-0.2, -0.15) is 4.31 Å². The third-order valence-electron chi connectivity index (χ3n) is 5.22. The first-order chi connectivity index (χ1) is 14.8. The number of primary amides is 1. The summed E-state index contributed by atoms with van der Waals surface area (Å²) < 4.78 is 33.5. The first-order valence-electron chi connectivity index (χ1n) is 9.92. The number of nitrogens with zero attached hydrogens (tertiary/aromatic N) is 2. The number of sulfonamides is 1. The maximum atomic E-state index is 13.4. The van der Waals surface area contributed by atoms with Crippen LogP contribution in [0.3, 0.4) is 0 Å². The molecule has 8 nitrogen and oxygen atoms in total. The van der Waals surface area contributed by atoms with Crippen molar-refractivity contribution in [2.75, 3.05) is 31.6 Å². The molecule has 0 spiro atoms. The van der Waals surface area contributed by atoms with Crippen LogP contribution in [0.15, 0.2) is 47.5 Å². The van der Waals surface area contributed by atoms with Crippen LogP contribution in [-0.4, -0.2) is 49.9 Å². The summed E-state index contributed by atoms with van der Waals surface area (Å²) in [6, 6.07) is 11.1. The smallest absolute Gasteiger partial charge is 0.252 e. The molecule has 9 heteroatoms. The highest BCUT2D eigenvalue weighted by atomic mass is 32.2. The van der Waals surface area contributed by atoms with Gasteiger partial charge < -0.3 is 15.8 Å². The Morgan fingerprint density at radius 1 is 1.13 bits per heavy atom. The zero-order valence-corrected chi connectivity index (χ0v) is 18.2. The molecule has 1 amide bonds. The maximum absolute atomic E-state index is 13.4. The van der Waals surface area contributed by atoms with E-state index in [0.29, 0.717) is 24.3 Å². The first-order valence-corrected chi connectivity index (χ1v) is 11.4. The van der Waals surface area contributed by atoms with Crippen LogP contribution in [0.1, 0.15) is 21.5 Å². The number of amides is 1.